The first kappa shape index (κ1) is 18.5. The number of halogens is 4. The minimum Gasteiger partial charge on any atom is -0.493 e. The zero-order chi connectivity index (χ0) is 19.9. The Kier molecular flexibility index (Phi) is 4.58. The molecule has 0 atom stereocenters. The minimum absolute atomic E-state index is 0.0154. The largest absolute Gasteiger partial charge is 0.493 e. The van der Waals surface area contributed by atoms with Crippen LogP contribution in [0.4, 0.5) is 19.0 Å². The van der Waals surface area contributed by atoms with Gasteiger partial charge in [0.25, 0.3) is 0 Å². The molecule has 5 nitrogen and oxygen atoms in total. The lowest BCUT2D eigenvalue weighted by atomic mass is 10.1. The number of fused-ring (bicyclic) bond motifs is 5. The van der Waals surface area contributed by atoms with Crippen molar-refractivity contribution in [3.63, 3.8) is 0 Å². The fourth-order valence-corrected chi connectivity index (χ4v) is 3.33. The molecule has 1 aromatic carbocycles. The van der Waals surface area contributed by atoms with Crippen molar-refractivity contribution in [1.82, 2.24) is 15.0 Å². The molecule has 1 aliphatic heterocycles. The van der Waals surface area contributed by atoms with Crippen molar-refractivity contribution < 1.29 is 17.9 Å². The van der Waals surface area contributed by atoms with E-state index in [1.165, 1.54) is 6.20 Å². The molecule has 0 saturated heterocycles. The van der Waals surface area contributed by atoms with Crippen LogP contribution in [0.2, 0.25) is 5.15 Å². The fraction of sp³-hybridized carbons (Fsp3) is 0.211. The number of pyridine rings is 1. The molecule has 1 N–H and O–H groups in total. The van der Waals surface area contributed by atoms with Crippen molar-refractivity contribution >= 4 is 34.0 Å². The molecule has 2 bridgehead atoms. The summed E-state index contributed by atoms with van der Waals surface area (Å²) in [4.78, 5) is 12.2. The van der Waals surface area contributed by atoms with Gasteiger partial charge < -0.3 is 10.1 Å². The Bertz CT molecular complexity index is 1080. The van der Waals surface area contributed by atoms with E-state index < -0.39 is 16.9 Å². The van der Waals surface area contributed by atoms with Crippen molar-refractivity contribution in [2.75, 3.05) is 11.9 Å². The molecule has 0 fully saturated rings. The number of benzene rings is 1. The van der Waals surface area contributed by atoms with Gasteiger partial charge in [-0.15, -0.1) is 0 Å². The van der Waals surface area contributed by atoms with Crippen molar-refractivity contribution in [3.05, 3.63) is 59.1 Å². The number of rotatable bonds is 0. The lowest BCUT2D eigenvalue weighted by Crippen LogP contribution is -2.12. The summed E-state index contributed by atoms with van der Waals surface area (Å²) in [5, 5.41) is 2.01. The van der Waals surface area contributed by atoms with Crippen LogP contribution in [0.15, 0.2) is 37.0 Å². The number of aryl methyl sites for hydroxylation is 1. The van der Waals surface area contributed by atoms with E-state index in [0.717, 1.165) is 0 Å². The predicted molar refractivity (Wildman–Crippen MR) is 100 cm³/mol. The first-order valence-electron chi connectivity index (χ1n) is 8.45. The van der Waals surface area contributed by atoms with E-state index in [0.29, 0.717) is 42.3 Å². The Balaban J connectivity index is 1.96. The quantitative estimate of drug-likeness (QED) is 0.526. The molecule has 0 spiro atoms. The number of ether oxygens (including phenoxy) is 1. The average molecular weight is 407 g/mol. The van der Waals surface area contributed by atoms with Crippen molar-refractivity contribution in [2.24, 2.45) is 0 Å². The van der Waals surface area contributed by atoms with Crippen LogP contribution < -0.4 is 10.1 Å². The van der Waals surface area contributed by atoms with E-state index in [2.05, 4.69) is 26.8 Å². The molecule has 3 aromatic rings. The number of hydrogen-bond donors (Lipinski definition) is 1. The second kappa shape index (κ2) is 6.94. The Morgan fingerprint density at radius 1 is 1.18 bits per heavy atom. The van der Waals surface area contributed by atoms with Gasteiger partial charge in [-0.05, 0) is 18.6 Å². The second-order valence-corrected chi connectivity index (χ2v) is 6.58. The van der Waals surface area contributed by atoms with E-state index in [-0.39, 0.29) is 16.7 Å². The molecule has 0 saturated carbocycles. The standard InChI is InChI=1S/C19H14ClF3N4O/c1-10-11-5-2-3-6-13(11)28-8-4-7-14-26-12-9-24-17(20)16(19(21,22)23)15(12)18(25-10)27-14/h2-3,5-6,9H,1,4,7-8H2,(H,25,26,27). The summed E-state index contributed by atoms with van der Waals surface area (Å²) < 4.78 is 46.9. The molecule has 2 aromatic heterocycles. The molecule has 0 aliphatic carbocycles. The Labute approximate surface area is 163 Å². The topological polar surface area (TPSA) is 59.9 Å². The Morgan fingerprint density at radius 3 is 2.75 bits per heavy atom. The van der Waals surface area contributed by atoms with Crippen molar-refractivity contribution in [3.8, 4) is 5.75 Å². The van der Waals surface area contributed by atoms with Gasteiger partial charge in [-0.3, -0.25) is 0 Å². The molecule has 3 heterocycles. The van der Waals surface area contributed by atoms with E-state index in [1.807, 2.05) is 6.07 Å². The Morgan fingerprint density at radius 2 is 1.96 bits per heavy atom. The van der Waals surface area contributed by atoms with Crippen LogP contribution in [0, 0.1) is 0 Å². The molecule has 28 heavy (non-hydrogen) atoms. The molecule has 144 valence electrons. The van der Waals surface area contributed by atoms with Crippen LogP contribution in [0.25, 0.3) is 16.6 Å². The van der Waals surface area contributed by atoms with Gasteiger partial charge >= 0.3 is 6.18 Å². The van der Waals surface area contributed by atoms with E-state index in [1.54, 1.807) is 18.2 Å². The highest BCUT2D eigenvalue weighted by atomic mass is 35.5. The van der Waals surface area contributed by atoms with Gasteiger partial charge in [-0.2, -0.15) is 13.2 Å². The number of anilines is 1. The normalized spacial score (nSPS) is 14.6. The third-order valence-corrected chi connectivity index (χ3v) is 4.59. The molecule has 0 amide bonds. The maximum absolute atomic E-state index is 13.7. The van der Waals surface area contributed by atoms with E-state index >= 15 is 0 Å². The number of alkyl halides is 3. The summed E-state index contributed by atoms with van der Waals surface area (Å²) in [5.74, 6) is 0.955. The van der Waals surface area contributed by atoms with Crippen molar-refractivity contribution in [2.45, 2.75) is 19.0 Å². The predicted octanol–water partition coefficient (Wildman–Crippen LogP) is 5.10. The van der Waals surface area contributed by atoms with Crippen molar-refractivity contribution in [1.29, 1.82) is 0 Å². The lowest BCUT2D eigenvalue weighted by Gasteiger charge is -2.17. The zero-order valence-corrected chi connectivity index (χ0v) is 15.2. The van der Waals surface area contributed by atoms with Gasteiger partial charge in [-0.1, -0.05) is 30.3 Å². The lowest BCUT2D eigenvalue weighted by molar-refractivity contribution is -0.136. The highest BCUT2D eigenvalue weighted by molar-refractivity contribution is 6.31. The number of nitrogens with one attached hydrogen (secondary N) is 1. The van der Waals surface area contributed by atoms with Gasteiger partial charge in [0.05, 0.1) is 23.7 Å². The van der Waals surface area contributed by atoms with Crippen LogP contribution in [0.1, 0.15) is 23.4 Å². The highest BCUT2D eigenvalue weighted by Crippen LogP contribution is 2.41. The van der Waals surface area contributed by atoms with E-state index in [9.17, 15) is 13.2 Å². The number of aromatic nitrogens is 3. The van der Waals surface area contributed by atoms with Crippen LogP contribution in [0.5, 0.6) is 5.75 Å². The zero-order valence-electron chi connectivity index (χ0n) is 14.5. The van der Waals surface area contributed by atoms with Crippen LogP contribution in [-0.2, 0) is 12.6 Å². The first-order chi connectivity index (χ1) is 13.3. The third kappa shape index (κ3) is 3.35. The minimum atomic E-state index is -4.72. The summed E-state index contributed by atoms with van der Waals surface area (Å²) in [6.45, 7) is 4.36. The molecular formula is C19H14ClF3N4O. The van der Waals surface area contributed by atoms with Crippen LogP contribution >= 0.6 is 11.6 Å². The third-order valence-electron chi connectivity index (χ3n) is 4.31. The second-order valence-electron chi connectivity index (χ2n) is 6.22. The van der Waals surface area contributed by atoms with Gasteiger partial charge in [0.15, 0.2) is 0 Å². The summed E-state index contributed by atoms with van der Waals surface area (Å²) in [7, 11) is 0. The fourth-order valence-electron chi connectivity index (χ4n) is 3.08. The maximum atomic E-state index is 13.7. The molecule has 9 heteroatoms. The van der Waals surface area contributed by atoms with Gasteiger partial charge in [0.1, 0.15) is 28.1 Å². The molecular weight excluding hydrogens is 393 g/mol. The van der Waals surface area contributed by atoms with Crippen LogP contribution in [0.3, 0.4) is 0 Å². The monoisotopic (exact) mass is 406 g/mol. The number of hydrogen-bond acceptors (Lipinski definition) is 5. The van der Waals surface area contributed by atoms with Gasteiger partial charge in [-0.25, -0.2) is 15.0 Å². The number of nitrogens with zero attached hydrogens (tertiary/aromatic N) is 3. The Hall–Kier alpha value is -2.87. The summed E-state index contributed by atoms with van der Waals surface area (Å²) >= 11 is 5.79. The summed E-state index contributed by atoms with van der Waals surface area (Å²) in [6, 6.07) is 7.15. The molecule has 0 radical (unpaired) electrons. The SMILES string of the molecule is C=C1Nc2nc(nc3cnc(Cl)c(C(F)(F)F)c23)CCCOc2ccccc21. The summed E-state index contributed by atoms with van der Waals surface area (Å²) in [6.07, 6.45) is -2.47. The van der Waals surface area contributed by atoms with Gasteiger partial charge in [0, 0.05) is 17.7 Å². The first-order valence-corrected chi connectivity index (χ1v) is 8.83. The van der Waals surface area contributed by atoms with E-state index in [4.69, 9.17) is 16.3 Å². The average Bonchev–Trinajstić information content (AvgIpc) is 2.66. The van der Waals surface area contributed by atoms with Gasteiger partial charge in [0.2, 0.25) is 0 Å². The highest BCUT2D eigenvalue weighted by Gasteiger charge is 2.38. The molecule has 1 aliphatic rings. The molecule has 0 unspecified atom stereocenters. The maximum Gasteiger partial charge on any atom is 0.420 e. The smallest absolute Gasteiger partial charge is 0.420 e. The number of para-hydroxylation sites is 1. The molecule has 4 rings (SSSR count). The van der Waals surface area contributed by atoms with Crippen LogP contribution in [-0.4, -0.2) is 21.6 Å². The summed E-state index contributed by atoms with van der Waals surface area (Å²) in [5.41, 5.74) is -0.0330.